The molecule has 0 radical (unpaired) electrons. The summed E-state index contributed by atoms with van der Waals surface area (Å²) in [4.78, 5) is 0. The summed E-state index contributed by atoms with van der Waals surface area (Å²) in [6.07, 6.45) is 1.75. The van der Waals surface area contributed by atoms with Crippen LogP contribution < -0.4 is 5.73 Å². The Morgan fingerprint density at radius 1 is 1.86 bits per heavy atom. The maximum absolute atomic E-state index is 5.36. The van der Waals surface area contributed by atoms with Crippen LogP contribution in [0.3, 0.4) is 0 Å². The van der Waals surface area contributed by atoms with Crippen LogP contribution in [0.4, 0.5) is 0 Å². The van der Waals surface area contributed by atoms with E-state index in [1.807, 2.05) is 0 Å². The third-order valence-electron chi connectivity index (χ3n) is 0.399. The van der Waals surface area contributed by atoms with Crippen molar-refractivity contribution in [2.24, 2.45) is 5.73 Å². The third-order valence-corrected chi connectivity index (χ3v) is 0.553. The molecule has 0 aromatic rings. The highest BCUT2D eigenvalue weighted by molar-refractivity contribution is 6.29. The summed E-state index contributed by atoms with van der Waals surface area (Å²) in [6, 6.07) is 0. The first-order valence-corrected chi connectivity index (χ1v) is 2.17. The molecule has 0 aliphatic rings. The maximum Gasteiger partial charge on any atom is 0.0122 e. The van der Waals surface area contributed by atoms with Gasteiger partial charge in [0, 0.05) is 11.6 Å². The van der Waals surface area contributed by atoms with Crippen LogP contribution in [-0.4, -0.2) is 6.54 Å². The molecule has 0 saturated carbocycles. The van der Waals surface area contributed by atoms with Crippen LogP contribution in [-0.2, 0) is 0 Å². The minimum atomic E-state index is 0. The molecule has 0 aromatic carbocycles. The van der Waals surface area contributed by atoms with Gasteiger partial charge in [0.25, 0.3) is 0 Å². The number of halogens is 2. The van der Waals surface area contributed by atoms with E-state index in [9.17, 15) is 0 Å². The molecule has 0 rings (SSSR count). The fourth-order valence-electron chi connectivity index (χ4n) is 0.162. The monoisotopic (exact) mass is 141 g/mol. The molecule has 0 fully saturated rings. The van der Waals surface area contributed by atoms with Gasteiger partial charge in [-0.2, -0.15) is 0 Å². The van der Waals surface area contributed by atoms with Gasteiger partial charge in [0.15, 0.2) is 0 Å². The first-order valence-electron chi connectivity index (χ1n) is 1.79. The topological polar surface area (TPSA) is 26.0 Å². The van der Waals surface area contributed by atoms with Gasteiger partial charge >= 0.3 is 0 Å². The first kappa shape index (κ1) is 10.3. The van der Waals surface area contributed by atoms with Crippen LogP contribution in [0, 0.1) is 0 Å². The SMILES string of the molecule is CC(Cl)=CCN.Cl. The van der Waals surface area contributed by atoms with Gasteiger partial charge in [0.1, 0.15) is 0 Å². The second-order valence-corrected chi connectivity index (χ2v) is 1.62. The predicted molar refractivity (Wildman–Crippen MR) is 35.9 cm³/mol. The van der Waals surface area contributed by atoms with Crippen molar-refractivity contribution in [1.29, 1.82) is 0 Å². The molecule has 0 atom stereocenters. The van der Waals surface area contributed by atoms with Crippen molar-refractivity contribution in [2.75, 3.05) is 6.54 Å². The lowest BCUT2D eigenvalue weighted by Crippen LogP contribution is -1.92. The summed E-state index contributed by atoms with van der Waals surface area (Å²) < 4.78 is 0. The summed E-state index contributed by atoms with van der Waals surface area (Å²) in [6.45, 7) is 2.34. The quantitative estimate of drug-likeness (QED) is 0.589. The molecule has 44 valence electrons. The van der Waals surface area contributed by atoms with Crippen molar-refractivity contribution in [3.05, 3.63) is 11.1 Å². The summed E-state index contributed by atoms with van der Waals surface area (Å²) in [5.41, 5.74) is 5.07. The zero-order chi connectivity index (χ0) is 4.99. The molecule has 3 heteroatoms. The van der Waals surface area contributed by atoms with Gasteiger partial charge < -0.3 is 5.73 Å². The summed E-state index contributed by atoms with van der Waals surface area (Å²) in [5.74, 6) is 0. The molecule has 0 saturated heterocycles. The number of hydrogen-bond acceptors (Lipinski definition) is 1. The lowest BCUT2D eigenvalue weighted by atomic mass is 10.5. The van der Waals surface area contributed by atoms with E-state index in [4.69, 9.17) is 17.3 Å². The third kappa shape index (κ3) is 10.7. The maximum atomic E-state index is 5.36. The number of rotatable bonds is 1. The van der Waals surface area contributed by atoms with Crippen molar-refractivity contribution >= 4 is 24.0 Å². The Kier molecular flexibility index (Phi) is 9.24. The van der Waals surface area contributed by atoms with Crippen molar-refractivity contribution in [3.8, 4) is 0 Å². The fraction of sp³-hybridized carbons (Fsp3) is 0.500. The van der Waals surface area contributed by atoms with Crippen molar-refractivity contribution in [2.45, 2.75) is 6.92 Å². The van der Waals surface area contributed by atoms with E-state index in [1.54, 1.807) is 13.0 Å². The molecule has 0 heterocycles. The molecule has 1 nitrogen and oxygen atoms in total. The molecule has 0 spiro atoms. The lowest BCUT2D eigenvalue weighted by molar-refractivity contribution is 1.24. The zero-order valence-corrected chi connectivity index (χ0v) is 5.72. The van der Waals surface area contributed by atoms with E-state index in [0.29, 0.717) is 6.54 Å². The Balaban J connectivity index is 0. The number of allylic oxidation sites excluding steroid dienone is 1. The van der Waals surface area contributed by atoms with Crippen LogP contribution >= 0.6 is 24.0 Å². The molecule has 0 aliphatic carbocycles. The fourth-order valence-corrected chi connectivity index (χ4v) is 0.251. The lowest BCUT2D eigenvalue weighted by Gasteiger charge is -1.77. The van der Waals surface area contributed by atoms with E-state index in [2.05, 4.69) is 0 Å². The van der Waals surface area contributed by atoms with Crippen LogP contribution in [0.2, 0.25) is 0 Å². The molecule has 0 bridgehead atoms. The molecule has 0 amide bonds. The Morgan fingerprint density at radius 3 is 2.29 bits per heavy atom. The van der Waals surface area contributed by atoms with Gasteiger partial charge in [-0.05, 0) is 6.92 Å². The molecular weight excluding hydrogens is 133 g/mol. The molecule has 0 aliphatic heterocycles. The first-order chi connectivity index (χ1) is 2.77. The Labute approximate surface area is 54.9 Å². The normalized spacial score (nSPS) is 10.4. The number of nitrogens with two attached hydrogens (primary N) is 1. The van der Waals surface area contributed by atoms with Crippen LogP contribution in [0.25, 0.3) is 0 Å². The average Bonchev–Trinajstić information content (AvgIpc) is 1.35. The minimum absolute atomic E-state index is 0. The van der Waals surface area contributed by atoms with E-state index < -0.39 is 0 Å². The molecule has 0 aromatic heterocycles. The second kappa shape index (κ2) is 6.28. The van der Waals surface area contributed by atoms with Gasteiger partial charge in [-0.15, -0.1) is 12.4 Å². The molecular formula is C4H9Cl2N. The standard InChI is InChI=1S/C4H8ClN.ClH/c1-4(5)2-3-6;/h2H,3,6H2,1H3;1H. The van der Waals surface area contributed by atoms with Crippen LogP contribution in [0.5, 0.6) is 0 Å². The smallest absolute Gasteiger partial charge is 0.0122 e. The average molecular weight is 142 g/mol. The Bertz CT molecular complexity index is 56.7. The van der Waals surface area contributed by atoms with Gasteiger partial charge in [0.2, 0.25) is 0 Å². The van der Waals surface area contributed by atoms with Crippen LogP contribution in [0.1, 0.15) is 6.92 Å². The molecule has 2 N–H and O–H groups in total. The summed E-state index contributed by atoms with van der Waals surface area (Å²) in [5, 5.41) is 0.762. The summed E-state index contributed by atoms with van der Waals surface area (Å²) in [7, 11) is 0. The predicted octanol–water partition coefficient (Wildman–Crippen LogP) is 1.51. The molecule has 0 unspecified atom stereocenters. The largest absolute Gasteiger partial charge is 0.327 e. The minimum Gasteiger partial charge on any atom is -0.327 e. The highest BCUT2D eigenvalue weighted by atomic mass is 35.5. The highest BCUT2D eigenvalue weighted by Gasteiger charge is 1.70. The van der Waals surface area contributed by atoms with Gasteiger partial charge in [-0.1, -0.05) is 17.7 Å². The van der Waals surface area contributed by atoms with Crippen molar-refractivity contribution in [1.82, 2.24) is 0 Å². The van der Waals surface area contributed by atoms with Gasteiger partial charge in [-0.25, -0.2) is 0 Å². The van der Waals surface area contributed by atoms with Crippen molar-refractivity contribution < 1.29 is 0 Å². The van der Waals surface area contributed by atoms with E-state index >= 15 is 0 Å². The van der Waals surface area contributed by atoms with Gasteiger partial charge in [-0.3, -0.25) is 0 Å². The highest BCUT2D eigenvalue weighted by Crippen LogP contribution is 1.93. The van der Waals surface area contributed by atoms with Gasteiger partial charge in [0.05, 0.1) is 0 Å². The van der Waals surface area contributed by atoms with Crippen molar-refractivity contribution in [3.63, 3.8) is 0 Å². The number of hydrogen-bond donors (Lipinski definition) is 1. The second-order valence-electron chi connectivity index (χ2n) is 1.03. The van der Waals surface area contributed by atoms with E-state index in [1.165, 1.54) is 0 Å². The Morgan fingerprint density at radius 2 is 2.29 bits per heavy atom. The zero-order valence-electron chi connectivity index (χ0n) is 4.15. The summed E-state index contributed by atoms with van der Waals surface area (Å²) >= 11 is 5.36. The van der Waals surface area contributed by atoms with E-state index in [0.717, 1.165) is 5.03 Å². The Hall–Kier alpha value is 0.280. The van der Waals surface area contributed by atoms with Crippen LogP contribution in [0.15, 0.2) is 11.1 Å². The van der Waals surface area contributed by atoms with E-state index in [-0.39, 0.29) is 12.4 Å². The molecule has 7 heavy (non-hydrogen) atoms.